The molecule has 3 aromatic rings. The Morgan fingerprint density at radius 1 is 1.25 bits per heavy atom. The highest BCUT2D eigenvalue weighted by atomic mass is 35.5. The molecule has 1 atom stereocenters. The van der Waals surface area contributed by atoms with Crippen LogP contribution in [0.5, 0.6) is 0 Å². The van der Waals surface area contributed by atoms with Gasteiger partial charge in [0.2, 0.25) is 5.89 Å². The van der Waals surface area contributed by atoms with Crippen LogP contribution in [0.15, 0.2) is 21.0 Å². The van der Waals surface area contributed by atoms with Gasteiger partial charge in [0.25, 0.3) is 0 Å². The summed E-state index contributed by atoms with van der Waals surface area (Å²) in [5, 5.41) is 5.28. The standard InChI is InChI=1S/C19H19ClN2O2/c1-10-8-13-15(6-7-17-22-11(2)12(3)23-17)24-16-5-4-14(20)19(18(13)16)21-9-10/h4-7,10,21H,8-9H2,1-3H3. The van der Waals surface area contributed by atoms with Gasteiger partial charge in [-0.05, 0) is 44.4 Å². The second-order valence-corrected chi connectivity index (χ2v) is 6.86. The number of furan rings is 1. The van der Waals surface area contributed by atoms with Crippen molar-refractivity contribution in [2.45, 2.75) is 27.2 Å². The highest BCUT2D eigenvalue weighted by molar-refractivity contribution is 6.35. The van der Waals surface area contributed by atoms with Gasteiger partial charge in [0.05, 0.1) is 16.4 Å². The summed E-state index contributed by atoms with van der Waals surface area (Å²) in [4.78, 5) is 4.39. The van der Waals surface area contributed by atoms with Gasteiger partial charge in [-0.2, -0.15) is 0 Å². The molecular formula is C19H19ClN2O2. The molecule has 4 rings (SSSR count). The fourth-order valence-electron chi connectivity index (χ4n) is 3.17. The molecule has 0 aliphatic carbocycles. The summed E-state index contributed by atoms with van der Waals surface area (Å²) in [6.45, 7) is 6.97. The zero-order chi connectivity index (χ0) is 16.8. The van der Waals surface area contributed by atoms with Crippen LogP contribution < -0.4 is 5.32 Å². The van der Waals surface area contributed by atoms with Crippen molar-refractivity contribution < 1.29 is 8.83 Å². The van der Waals surface area contributed by atoms with Crippen molar-refractivity contribution in [1.82, 2.24) is 4.98 Å². The SMILES string of the molecule is Cc1nc(C=Cc2oc3ccc(Cl)c4c3c2CC(C)CN4)oc1C. The Kier molecular flexibility index (Phi) is 3.65. The lowest BCUT2D eigenvalue weighted by atomic mass is 9.99. The Hall–Kier alpha value is -2.20. The maximum Gasteiger partial charge on any atom is 0.219 e. The van der Waals surface area contributed by atoms with Crippen LogP contribution in [-0.4, -0.2) is 11.5 Å². The van der Waals surface area contributed by atoms with Crippen molar-refractivity contribution in [3.8, 4) is 0 Å². The molecule has 4 nitrogen and oxygen atoms in total. The van der Waals surface area contributed by atoms with Crippen LogP contribution in [0.25, 0.3) is 23.1 Å². The zero-order valence-electron chi connectivity index (χ0n) is 13.9. The molecular weight excluding hydrogens is 324 g/mol. The highest BCUT2D eigenvalue weighted by Crippen LogP contribution is 2.40. The number of hydrogen-bond acceptors (Lipinski definition) is 4. The third-order valence-corrected chi connectivity index (χ3v) is 4.85. The van der Waals surface area contributed by atoms with E-state index in [0.717, 1.165) is 51.9 Å². The van der Waals surface area contributed by atoms with Gasteiger partial charge in [0.15, 0.2) is 0 Å². The van der Waals surface area contributed by atoms with Gasteiger partial charge in [0.1, 0.15) is 17.1 Å². The van der Waals surface area contributed by atoms with Gasteiger partial charge < -0.3 is 14.2 Å². The molecule has 0 amide bonds. The lowest BCUT2D eigenvalue weighted by molar-refractivity contribution is 0.515. The molecule has 3 heterocycles. The summed E-state index contributed by atoms with van der Waals surface area (Å²) < 4.78 is 11.7. The van der Waals surface area contributed by atoms with E-state index in [4.69, 9.17) is 20.4 Å². The number of nitrogens with zero attached hydrogens (tertiary/aromatic N) is 1. The van der Waals surface area contributed by atoms with Gasteiger partial charge in [-0.1, -0.05) is 18.5 Å². The van der Waals surface area contributed by atoms with Crippen molar-refractivity contribution in [3.05, 3.63) is 45.8 Å². The molecule has 0 bridgehead atoms. The van der Waals surface area contributed by atoms with Crippen LogP contribution in [0.3, 0.4) is 0 Å². The Morgan fingerprint density at radius 3 is 2.83 bits per heavy atom. The molecule has 0 saturated carbocycles. The van der Waals surface area contributed by atoms with Crippen molar-refractivity contribution in [3.63, 3.8) is 0 Å². The summed E-state index contributed by atoms with van der Waals surface area (Å²) >= 11 is 6.38. The minimum atomic E-state index is 0.493. The monoisotopic (exact) mass is 342 g/mol. The molecule has 24 heavy (non-hydrogen) atoms. The maximum absolute atomic E-state index is 6.38. The van der Waals surface area contributed by atoms with Crippen molar-refractivity contribution in [2.24, 2.45) is 5.92 Å². The second-order valence-electron chi connectivity index (χ2n) is 6.46. The number of oxazole rings is 1. The first-order valence-electron chi connectivity index (χ1n) is 8.13. The summed E-state index contributed by atoms with van der Waals surface area (Å²) in [6, 6.07) is 3.81. The molecule has 1 aliphatic heterocycles. The quantitative estimate of drug-likeness (QED) is 0.671. The third kappa shape index (κ3) is 2.51. The Morgan fingerprint density at radius 2 is 2.08 bits per heavy atom. The smallest absolute Gasteiger partial charge is 0.219 e. The fraction of sp³-hybridized carbons (Fsp3) is 0.316. The summed E-state index contributed by atoms with van der Waals surface area (Å²) in [7, 11) is 0. The van der Waals surface area contributed by atoms with E-state index in [0.29, 0.717) is 11.8 Å². The molecule has 0 fully saturated rings. The number of benzene rings is 1. The van der Waals surface area contributed by atoms with Crippen LogP contribution in [0.4, 0.5) is 5.69 Å². The van der Waals surface area contributed by atoms with E-state index >= 15 is 0 Å². The van der Waals surface area contributed by atoms with Crippen LogP contribution in [0.1, 0.15) is 35.6 Å². The minimum Gasteiger partial charge on any atom is -0.456 e. The summed E-state index contributed by atoms with van der Waals surface area (Å²) in [6.07, 6.45) is 4.74. The van der Waals surface area contributed by atoms with E-state index in [1.54, 1.807) is 0 Å². The van der Waals surface area contributed by atoms with E-state index in [1.165, 1.54) is 5.56 Å². The van der Waals surface area contributed by atoms with Crippen molar-refractivity contribution in [2.75, 3.05) is 11.9 Å². The number of hydrogen-bond donors (Lipinski definition) is 1. The first-order chi connectivity index (χ1) is 11.5. The molecule has 1 aromatic carbocycles. The van der Waals surface area contributed by atoms with Crippen LogP contribution in [0.2, 0.25) is 5.02 Å². The van der Waals surface area contributed by atoms with Gasteiger partial charge in [0, 0.05) is 23.6 Å². The van der Waals surface area contributed by atoms with Crippen LogP contribution >= 0.6 is 11.6 Å². The van der Waals surface area contributed by atoms with Crippen molar-refractivity contribution in [1.29, 1.82) is 0 Å². The number of nitrogens with one attached hydrogen (secondary N) is 1. The lowest BCUT2D eigenvalue weighted by Crippen LogP contribution is -2.11. The van der Waals surface area contributed by atoms with Gasteiger partial charge in [-0.3, -0.25) is 0 Å². The Bertz CT molecular complexity index is 933. The molecule has 2 aromatic heterocycles. The zero-order valence-corrected chi connectivity index (χ0v) is 14.7. The normalized spacial score (nSPS) is 17.4. The first-order valence-corrected chi connectivity index (χ1v) is 8.50. The van der Waals surface area contributed by atoms with E-state index in [9.17, 15) is 0 Å². The van der Waals surface area contributed by atoms with Crippen molar-refractivity contribution >= 4 is 40.4 Å². The molecule has 124 valence electrons. The minimum absolute atomic E-state index is 0.493. The lowest BCUT2D eigenvalue weighted by Gasteiger charge is -2.09. The maximum atomic E-state index is 6.38. The van der Waals surface area contributed by atoms with E-state index in [2.05, 4.69) is 17.2 Å². The van der Waals surface area contributed by atoms with Gasteiger partial charge >= 0.3 is 0 Å². The number of anilines is 1. The molecule has 1 N–H and O–H groups in total. The average Bonchev–Trinajstić information content (AvgIpc) is 2.98. The fourth-order valence-corrected chi connectivity index (χ4v) is 3.39. The Labute approximate surface area is 145 Å². The van der Waals surface area contributed by atoms with E-state index < -0.39 is 0 Å². The molecule has 0 radical (unpaired) electrons. The number of aromatic nitrogens is 1. The topological polar surface area (TPSA) is 51.2 Å². The predicted molar refractivity (Wildman–Crippen MR) is 97.5 cm³/mol. The largest absolute Gasteiger partial charge is 0.456 e. The number of halogens is 1. The Balaban J connectivity index is 1.83. The summed E-state index contributed by atoms with van der Waals surface area (Å²) in [5.74, 6) is 2.77. The molecule has 0 saturated heterocycles. The molecule has 0 spiro atoms. The number of aryl methyl sites for hydroxylation is 2. The van der Waals surface area contributed by atoms with Crippen LogP contribution in [0, 0.1) is 19.8 Å². The molecule has 1 aliphatic rings. The third-order valence-electron chi connectivity index (χ3n) is 4.54. The molecule has 5 heteroatoms. The van der Waals surface area contributed by atoms with Crippen LogP contribution in [-0.2, 0) is 6.42 Å². The van der Waals surface area contributed by atoms with Gasteiger partial charge in [-0.15, -0.1) is 0 Å². The summed E-state index contributed by atoms with van der Waals surface area (Å²) in [5.41, 5.74) is 3.92. The van der Waals surface area contributed by atoms with E-state index in [-0.39, 0.29) is 0 Å². The molecule has 1 unspecified atom stereocenters. The first kappa shape index (κ1) is 15.3. The highest BCUT2D eigenvalue weighted by Gasteiger charge is 2.23. The average molecular weight is 343 g/mol. The van der Waals surface area contributed by atoms with E-state index in [1.807, 2.05) is 38.1 Å². The second kappa shape index (κ2) is 5.71. The van der Waals surface area contributed by atoms with Gasteiger partial charge in [-0.25, -0.2) is 4.98 Å². The number of rotatable bonds is 2. The predicted octanol–water partition coefficient (Wildman–Crippen LogP) is 5.47.